The molecule has 1 aliphatic rings. The van der Waals surface area contributed by atoms with E-state index in [1.807, 2.05) is 45.0 Å². The number of ketones is 1. The van der Waals surface area contributed by atoms with Crippen molar-refractivity contribution in [2.24, 2.45) is 0 Å². The lowest BCUT2D eigenvalue weighted by Gasteiger charge is -2.24. The van der Waals surface area contributed by atoms with Crippen LogP contribution in [0.3, 0.4) is 0 Å². The molecule has 0 spiro atoms. The number of carbonyl (C=O) groups excluding carboxylic acids is 2. The Morgan fingerprint density at radius 2 is 1.74 bits per heavy atom. The normalized spacial score (nSPS) is 15.1. The van der Waals surface area contributed by atoms with Crippen molar-refractivity contribution in [1.29, 1.82) is 0 Å². The zero-order valence-corrected chi connectivity index (χ0v) is 25.2. The summed E-state index contributed by atoms with van der Waals surface area (Å²) in [6, 6.07) is 6.04. The largest absolute Gasteiger partial charge is 0.479 e. The van der Waals surface area contributed by atoms with Crippen LogP contribution >= 0.6 is 0 Å². The molecule has 0 saturated heterocycles. The molecule has 12 heteroatoms. The smallest absolute Gasteiger partial charge is 0.289 e. The number of nitrogens with one attached hydrogen (secondary N) is 1. The fourth-order valence-corrected chi connectivity index (χ4v) is 4.93. The summed E-state index contributed by atoms with van der Waals surface area (Å²) < 4.78 is 22.4. The Bertz CT molecular complexity index is 1220. The van der Waals surface area contributed by atoms with Gasteiger partial charge in [-0.1, -0.05) is 37.0 Å². The van der Waals surface area contributed by atoms with Crippen LogP contribution in [0.2, 0.25) is 19.6 Å². The molecule has 0 aliphatic carbocycles. The topological polar surface area (TPSA) is 115 Å². The standard InChI is InChI=1S/C27H39N5O6Si/c1-10-32(14-13-31(3)4)27-29-25(35-5)22(26(30-27)36-6)28-24(34)23-19(33)16-21(38-23)37-20-15-18(39(7,8)9)12-11-17(20)2/h11-12,15-16,23H,10,13-14H2,1-9H3,(H,28,34). The summed E-state index contributed by atoms with van der Waals surface area (Å²) in [6.45, 7) is 12.7. The summed E-state index contributed by atoms with van der Waals surface area (Å²) in [5, 5.41) is 3.84. The number of ether oxygens (including phenoxy) is 4. The molecule has 1 atom stereocenters. The highest BCUT2D eigenvalue weighted by molar-refractivity contribution is 6.88. The fourth-order valence-electron chi connectivity index (χ4n) is 3.78. The number of nitrogens with zero attached hydrogens (tertiary/aromatic N) is 4. The van der Waals surface area contributed by atoms with Crippen LogP contribution in [0.4, 0.5) is 11.6 Å². The van der Waals surface area contributed by atoms with Crippen molar-refractivity contribution in [2.45, 2.75) is 39.6 Å². The third-order valence-corrected chi connectivity index (χ3v) is 8.25. The average Bonchev–Trinajstić information content (AvgIpc) is 3.25. The molecule has 0 bridgehead atoms. The molecule has 0 fully saturated rings. The van der Waals surface area contributed by atoms with Crippen molar-refractivity contribution < 1.29 is 28.5 Å². The van der Waals surface area contributed by atoms with Gasteiger partial charge in [0.05, 0.1) is 28.4 Å². The van der Waals surface area contributed by atoms with Crippen molar-refractivity contribution in [3.63, 3.8) is 0 Å². The lowest BCUT2D eigenvalue weighted by molar-refractivity contribution is -0.134. The van der Waals surface area contributed by atoms with Gasteiger partial charge in [-0.3, -0.25) is 9.59 Å². The second-order valence-electron chi connectivity index (χ2n) is 10.5. The molecule has 1 aliphatic heterocycles. The van der Waals surface area contributed by atoms with E-state index >= 15 is 0 Å². The van der Waals surface area contributed by atoms with Crippen LogP contribution in [0.25, 0.3) is 0 Å². The van der Waals surface area contributed by atoms with Crippen molar-refractivity contribution in [2.75, 3.05) is 58.2 Å². The van der Waals surface area contributed by atoms with Gasteiger partial charge in [0.1, 0.15) is 5.75 Å². The number of hydrogen-bond acceptors (Lipinski definition) is 10. The van der Waals surface area contributed by atoms with E-state index in [9.17, 15) is 9.59 Å². The van der Waals surface area contributed by atoms with Crippen LogP contribution in [0.1, 0.15) is 12.5 Å². The highest BCUT2D eigenvalue weighted by atomic mass is 28.3. The second kappa shape index (κ2) is 12.5. The molecule has 1 amide bonds. The summed E-state index contributed by atoms with van der Waals surface area (Å²) in [6.07, 6.45) is -0.259. The minimum absolute atomic E-state index is 0.0408. The van der Waals surface area contributed by atoms with Gasteiger partial charge in [-0.15, -0.1) is 0 Å². The molecule has 1 unspecified atom stereocenters. The van der Waals surface area contributed by atoms with E-state index in [1.54, 1.807) is 0 Å². The van der Waals surface area contributed by atoms with Gasteiger partial charge in [-0.25, -0.2) is 0 Å². The van der Waals surface area contributed by atoms with Crippen LogP contribution in [0, 0.1) is 6.92 Å². The number of likely N-dealkylation sites (N-methyl/N-ethyl adjacent to an activating group) is 2. The Labute approximate surface area is 231 Å². The number of aromatic nitrogens is 2. The number of carbonyl (C=O) groups is 2. The molecule has 1 aromatic carbocycles. The van der Waals surface area contributed by atoms with Crippen LogP contribution < -0.4 is 29.6 Å². The number of anilines is 2. The van der Waals surface area contributed by atoms with E-state index in [-0.39, 0.29) is 23.4 Å². The van der Waals surface area contributed by atoms with Gasteiger partial charge in [0.25, 0.3) is 11.9 Å². The highest BCUT2D eigenvalue weighted by Crippen LogP contribution is 2.34. The maximum absolute atomic E-state index is 13.1. The highest BCUT2D eigenvalue weighted by Gasteiger charge is 2.37. The summed E-state index contributed by atoms with van der Waals surface area (Å²) in [7, 11) is 5.24. The van der Waals surface area contributed by atoms with Gasteiger partial charge in [0.2, 0.25) is 29.6 Å². The molecule has 1 aromatic heterocycles. The molecule has 0 radical (unpaired) electrons. The molecule has 212 valence electrons. The first-order valence-electron chi connectivity index (χ1n) is 12.8. The van der Waals surface area contributed by atoms with Crippen LogP contribution in [0.15, 0.2) is 30.2 Å². The number of aryl methyl sites for hydroxylation is 1. The van der Waals surface area contributed by atoms with Gasteiger partial charge in [0, 0.05) is 19.6 Å². The Hall–Kier alpha value is -3.64. The van der Waals surface area contributed by atoms with Gasteiger partial charge >= 0.3 is 0 Å². The van der Waals surface area contributed by atoms with Gasteiger partial charge < -0.3 is 34.1 Å². The predicted octanol–water partition coefficient (Wildman–Crippen LogP) is 2.56. The first kappa shape index (κ1) is 29.9. The van der Waals surface area contributed by atoms with E-state index in [2.05, 4.69) is 45.9 Å². The second-order valence-corrected chi connectivity index (χ2v) is 15.6. The maximum Gasteiger partial charge on any atom is 0.289 e. The number of methoxy groups -OCH3 is 2. The zero-order chi connectivity index (χ0) is 28.9. The molecular formula is C27H39N5O6Si. The average molecular weight is 558 g/mol. The van der Waals surface area contributed by atoms with E-state index in [0.717, 1.165) is 12.1 Å². The monoisotopic (exact) mass is 557 g/mol. The molecule has 1 N–H and O–H groups in total. The quantitative estimate of drug-likeness (QED) is 0.308. The van der Waals surface area contributed by atoms with Crippen molar-refractivity contribution in [3.05, 3.63) is 35.8 Å². The number of rotatable bonds is 12. The summed E-state index contributed by atoms with van der Waals surface area (Å²) in [4.78, 5) is 38.8. The third-order valence-electron chi connectivity index (χ3n) is 6.20. The van der Waals surface area contributed by atoms with Crippen molar-refractivity contribution in [3.8, 4) is 17.5 Å². The Morgan fingerprint density at radius 1 is 1.10 bits per heavy atom. The lowest BCUT2D eigenvalue weighted by atomic mass is 10.2. The Balaban J connectivity index is 1.78. The number of benzene rings is 1. The predicted molar refractivity (Wildman–Crippen MR) is 153 cm³/mol. The number of hydrogen-bond donors (Lipinski definition) is 1. The maximum atomic E-state index is 13.1. The molecule has 3 rings (SSSR count). The summed E-state index contributed by atoms with van der Waals surface area (Å²) >= 11 is 0. The molecule has 11 nitrogen and oxygen atoms in total. The van der Waals surface area contributed by atoms with Crippen LogP contribution in [-0.4, -0.2) is 88.7 Å². The molecule has 2 aromatic rings. The van der Waals surface area contributed by atoms with Crippen molar-refractivity contribution >= 4 is 36.6 Å². The minimum Gasteiger partial charge on any atom is -0.479 e. The molecular weight excluding hydrogens is 518 g/mol. The Kier molecular flexibility index (Phi) is 9.57. The van der Waals surface area contributed by atoms with Gasteiger partial charge in [-0.05, 0) is 39.6 Å². The zero-order valence-electron chi connectivity index (χ0n) is 24.2. The Morgan fingerprint density at radius 3 is 2.28 bits per heavy atom. The third kappa shape index (κ3) is 7.27. The van der Waals surface area contributed by atoms with Gasteiger partial charge in [0.15, 0.2) is 5.69 Å². The molecule has 39 heavy (non-hydrogen) atoms. The van der Waals surface area contributed by atoms with E-state index in [4.69, 9.17) is 18.9 Å². The van der Waals surface area contributed by atoms with E-state index < -0.39 is 25.9 Å². The lowest BCUT2D eigenvalue weighted by Crippen LogP contribution is -2.37. The summed E-state index contributed by atoms with van der Waals surface area (Å²) in [5.74, 6) is -0.136. The fraction of sp³-hybridized carbons (Fsp3) is 0.481. The van der Waals surface area contributed by atoms with Crippen molar-refractivity contribution in [1.82, 2.24) is 14.9 Å². The van der Waals surface area contributed by atoms with Crippen LogP contribution in [0.5, 0.6) is 17.5 Å². The minimum atomic E-state index is -1.59. The first-order valence-corrected chi connectivity index (χ1v) is 16.3. The molecule has 0 saturated carbocycles. The first-order chi connectivity index (χ1) is 18.4. The van der Waals surface area contributed by atoms with Crippen LogP contribution in [-0.2, 0) is 14.3 Å². The van der Waals surface area contributed by atoms with E-state index in [1.165, 1.54) is 25.5 Å². The SMILES string of the molecule is CCN(CCN(C)C)c1nc(OC)c(NC(=O)C2OC(Oc3cc([Si](C)(C)C)ccc3C)=CC2=O)c(OC)n1. The number of amides is 1. The van der Waals surface area contributed by atoms with Gasteiger partial charge in [-0.2, -0.15) is 9.97 Å². The van der Waals surface area contributed by atoms with E-state index in [0.29, 0.717) is 24.8 Å². The molecule has 2 heterocycles. The summed E-state index contributed by atoms with van der Waals surface area (Å²) in [5.41, 5.74) is 0.988.